The van der Waals surface area contributed by atoms with Crippen molar-refractivity contribution in [1.29, 1.82) is 0 Å². The molecule has 3 heteroatoms. The number of benzene rings is 2. The summed E-state index contributed by atoms with van der Waals surface area (Å²) < 4.78 is 0. The summed E-state index contributed by atoms with van der Waals surface area (Å²) in [5, 5.41) is 3.02. The van der Waals surface area contributed by atoms with E-state index in [-0.39, 0.29) is 5.91 Å². The Bertz CT molecular complexity index is 666. The van der Waals surface area contributed by atoms with Crippen molar-refractivity contribution in [3.8, 4) is 0 Å². The molecule has 1 N–H and O–H groups in total. The number of carbonyl (C=O) groups excluding carboxylic acids is 1. The number of aryl methyl sites for hydroxylation is 3. The van der Waals surface area contributed by atoms with Crippen LogP contribution in [0.5, 0.6) is 0 Å². The summed E-state index contributed by atoms with van der Waals surface area (Å²) in [6, 6.07) is 14.8. The maximum Gasteiger partial charge on any atom is 0.224 e. The van der Waals surface area contributed by atoms with Crippen LogP contribution in [0.4, 0.5) is 0 Å². The molecule has 0 spiro atoms. The Morgan fingerprint density at radius 3 is 2.61 bits per heavy atom. The van der Waals surface area contributed by atoms with Gasteiger partial charge in [-0.05, 0) is 37.5 Å². The minimum atomic E-state index is 0.106. The van der Waals surface area contributed by atoms with Crippen LogP contribution >= 0.6 is 11.8 Å². The first-order chi connectivity index (χ1) is 11.0. The fraction of sp³-hybridized carbons (Fsp3) is 0.350. The Balaban J connectivity index is 1.68. The van der Waals surface area contributed by atoms with Crippen molar-refractivity contribution in [2.75, 3.05) is 12.3 Å². The Hall–Kier alpha value is -1.74. The lowest BCUT2D eigenvalue weighted by molar-refractivity contribution is -0.120. The quantitative estimate of drug-likeness (QED) is 0.772. The molecule has 0 atom stereocenters. The average Bonchev–Trinajstić information content (AvgIpc) is 2.51. The third-order valence-electron chi connectivity index (χ3n) is 3.78. The summed E-state index contributed by atoms with van der Waals surface area (Å²) in [7, 11) is 0. The predicted octanol–water partition coefficient (Wildman–Crippen LogP) is 4.20. The van der Waals surface area contributed by atoms with Gasteiger partial charge in [-0.15, -0.1) is 0 Å². The largest absolute Gasteiger partial charge is 0.355 e. The zero-order valence-corrected chi connectivity index (χ0v) is 15.0. The van der Waals surface area contributed by atoms with Crippen LogP contribution in [-0.2, 0) is 17.0 Å². The highest BCUT2D eigenvalue weighted by atomic mass is 32.2. The van der Waals surface area contributed by atoms with Crippen molar-refractivity contribution in [1.82, 2.24) is 5.32 Å². The second-order valence-corrected chi connectivity index (χ2v) is 7.10. The van der Waals surface area contributed by atoms with Gasteiger partial charge < -0.3 is 5.32 Å². The second-order valence-electron chi connectivity index (χ2n) is 6.00. The van der Waals surface area contributed by atoms with E-state index in [9.17, 15) is 4.79 Å². The number of rotatable bonds is 7. The molecule has 122 valence electrons. The van der Waals surface area contributed by atoms with Crippen molar-refractivity contribution in [3.63, 3.8) is 0 Å². The van der Waals surface area contributed by atoms with Crippen LogP contribution in [0.1, 0.15) is 27.8 Å². The molecule has 0 aromatic heterocycles. The van der Waals surface area contributed by atoms with Crippen LogP contribution in [0, 0.1) is 20.8 Å². The summed E-state index contributed by atoms with van der Waals surface area (Å²) in [5.41, 5.74) is 6.14. The summed E-state index contributed by atoms with van der Waals surface area (Å²) in [6.45, 7) is 6.95. The van der Waals surface area contributed by atoms with Gasteiger partial charge in [-0.2, -0.15) is 11.8 Å². The number of amides is 1. The smallest absolute Gasteiger partial charge is 0.224 e. The SMILES string of the molecule is Cc1cccc(CSCCNC(=O)Cc2cc(C)ccc2C)c1. The van der Waals surface area contributed by atoms with Gasteiger partial charge in [0.2, 0.25) is 5.91 Å². The highest BCUT2D eigenvalue weighted by Crippen LogP contribution is 2.13. The lowest BCUT2D eigenvalue weighted by atomic mass is 10.0. The van der Waals surface area contributed by atoms with Crippen LogP contribution in [-0.4, -0.2) is 18.2 Å². The third kappa shape index (κ3) is 6.11. The fourth-order valence-corrected chi connectivity index (χ4v) is 3.29. The molecule has 2 aromatic rings. The molecule has 0 unspecified atom stereocenters. The molecule has 0 aliphatic heterocycles. The van der Waals surface area contributed by atoms with E-state index < -0.39 is 0 Å². The predicted molar refractivity (Wildman–Crippen MR) is 100.0 cm³/mol. The zero-order chi connectivity index (χ0) is 16.7. The number of hydrogen-bond acceptors (Lipinski definition) is 2. The average molecular weight is 327 g/mol. The summed E-state index contributed by atoms with van der Waals surface area (Å²) in [6.07, 6.45) is 0.468. The first kappa shape index (κ1) is 17.6. The van der Waals surface area contributed by atoms with Gasteiger partial charge in [0.25, 0.3) is 0 Å². The van der Waals surface area contributed by atoms with E-state index >= 15 is 0 Å². The van der Waals surface area contributed by atoms with Crippen LogP contribution in [0.15, 0.2) is 42.5 Å². The second kappa shape index (κ2) is 8.78. The van der Waals surface area contributed by atoms with E-state index in [1.807, 2.05) is 11.8 Å². The lowest BCUT2D eigenvalue weighted by Gasteiger charge is -2.08. The Morgan fingerprint density at radius 2 is 1.83 bits per heavy atom. The van der Waals surface area contributed by atoms with Crippen molar-refractivity contribution in [3.05, 3.63) is 70.3 Å². The van der Waals surface area contributed by atoms with Gasteiger partial charge in [0, 0.05) is 18.1 Å². The van der Waals surface area contributed by atoms with E-state index in [2.05, 4.69) is 68.6 Å². The summed E-state index contributed by atoms with van der Waals surface area (Å²) >= 11 is 1.85. The summed E-state index contributed by atoms with van der Waals surface area (Å²) in [5.74, 6) is 2.04. The maximum absolute atomic E-state index is 12.0. The maximum atomic E-state index is 12.0. The highest BCUT2D eigenvalue weighted by Gasteiger charge is 2.06. The fourth-order valence-electron chi connectivity index (χ4n) is 2.48. The van der Waals surface area contributed by atoms with Crippen LogP contribution in [0.3, 0.4) is 0 Å². The van der Waals surface area contributed by atoms with E-state index in [1.165, 1.54) is 22.3 Å². The molecule has 0 saturated carbocycles. The minimum absolute atomic E-state index is 0.106. The van der Waals surface area contributed by atoms with Crippen molar-refractivity contribution in [2.24, 2.45) is 0 Å². The number of hydrogen-bond donors (Lipinski definition) is 1. The van der Waals surface area contributed by atoms with Gasteiger partial charge >= 0.3 is 0 Å². The molecule has 2 nitrogen and oxygen atoms in total. The molecular weight excluding hydrogens is 302 g/mol. The Labute approximate surface area is 143 Å². The first-order valence-electron chi connectivity index (χ1n) is 8.01. The Morgan fingerprint density at radius 1 is 1.04 bits per heavy atom. The Kier molecular flexibility index (Phi) is 6.72. The topological polar surface area (TPSA) is 29.1 Å². The molecular formula is C20H25NOS. The van der Waals surface area contributed by atoms with Gasteiger partial charge in [0.15, 0.2) is 0 Å². The molecule has 0 radical (unpaired) electrons. The lowest BCUT2D eigenvalue weighted by Crippen LogP contribution is -2.27. The van der Waals surface area contributed by atoms with Gasteiger partial charge in [-0.3, -0.25) is 4.79 Å². The van der Waals surface area contributed by atoms with E-state index in [4.69, 9.17) is 0 Å². The van der Waals surface area contributed by atoms with Crippen molar-refractivity contribution in [2.45, 2.75) is 32.9 Å². The van der Waals surface area contributed by atoms with Gasteiger partial charge in [0.05, 0.1) is 6.42 Å². The van der Waals surface area contributed by atoms with Crippen LogP contribution < -0.4 is 5.32 Å². The molecule has 2 rings (SSSR count). The molecule has 0 fully saturated rings. The zero-order valence-electron chi connectivity index (χ0n) is 14.2. The first-order valence-corrected chi connectivity index (χ1v) is 9.16. The number of nitrogens with one attached hydrogen (secondary N) is 1. The molecule has 23 heavy (non-hydrogen) atoms. The van der Waals surface area contributed by atoms with Crippen molar-refractivity contribution >= 4 is 17.7 Å². The highest BCUT2D eigenvalue weighted by molar-refractivity contribution is 7.98. The third-order valence-corrected chi connectivity index (χ3v) is 4.81. The van der Waals surface area contributed by atoms with Gasteiger partial charge in [0.1, 0.15) is 0 Å². The van der Waals surface area contributed by atoms with Gasteiger partial charge in [-0.1, -0.05) is 53.6 Å². The molecule has 0 heterocycles. The minimum Gasteiger partial charge on any atom is -0.355 e. The number of carbonyl (C=O) groups is 1. The van der Waals surface area contributed by atoms with E-state index in [1.54, 1.807) is 0 Å². The molecule has 0 aliphatic carbocycles. The van der Waals surface area contributed by atoms with E-state index in [0.29, 0.717) is 6.42 Å². The monoisotopic (exact) mass is 327 g/mol. The summed E-state index contributed by atoms with van der Waals surface area (Å²) in [4.78, 5) is 12.0. The molecule has 0 bridgehead atoms. The van der Waals surface area contributed by atoms with Crippen molar-refractivity contribution < 1.29 is 4.79 Å². The molecule has 2 aromatic carbocycles. The number of thioether (sulfide) groups is 1. The molecule has 1 amide bonds. The normalized spacial score (nSPS) is 10.6. The van der Waals surface area contributed by atoms with E-state index in [0.717, 1.165) is 23.6 Å². The van der Waals surface area contributed by atoms with Gasteiger partial charge in [-0.25, -0.2) is 0 Å². The molecule has 0 aliphatic rings. The van der Waals surface area contributed by atoms with Crippen LogP contribution in [0.25, 0.3) is 0 Å². The standard InChI is InChI=1S/C20H25NOS/c1-15-5-4-6-18(11-15)14-23-10-9-21-20(22)13-19-12-16(2)7-8-17(19)3/h4-8,11-12H,9-10,13-14H2,1-3H3,(H,21,22). The molecule has 0 saturated heterocycles. The van der Waals surface area contributed by atoms with Crippen LogP contribution in [0.2, 0.25) is 0 Å².